The lowest BCUT2D eigenvalue weighted by Gasteiger charge is -2.33. The fourth-order valence-corrected chi connectivity index (χ4v) is 4.58. The molecule has 5 nitrogen and oxygen atoms in total. The Morgan fingerprint density at radius 2 is 1.48 bits per heavy atom. The van der Waals surface area contributed by atoms with Gasteiger partial charge < -0.3 is 4.90 Å². The maximum Gasteiger partial charge on any atom is 0.162 e. The van der Waals surface area contributed by atoms with Gasteiger partial charge in [-0.1, -0.05) is 45.9 Å². The van der Waals surface area contributed by atoms with Crippen molar-refractivity contribution in [3.63, 3.8) is 0 Å². The normalized spacial score (nSPS) is 14.8. The highest BCUT2D eigenvalue weighted by Gasteiger charge is 2.23. The van der Waals surface area contributed by atoms with Gasteiger partial charge in [-0.25, -0.2) is 15.3 Å². The molecule has 0 spiro atoms. The van der Waals surface area contributed by atoms with E-state index in [-0.39, 0.29) is 0 Å². The highest BCUT2D eigenvalue weighted by Crippen LogP contribution is 2.30. The van der Waals surface area contributed by atoms with Gasteiger partial charge in [0.15, 0.2) is 5.82 Å². The predicted octanol–water partition coefficient (Wildman–Crippen LogP) is 4.61. The zero-order valence-electron chi connectivity index (χ0n) is 20.6. The average molecular weight is 423 g/mol. The maximum atomic E-state index is 5.21. The van der Waals surface area contributed by atoms with Crippen LogP contribution >= 0.6 is 0 Å². The molecule has 31 heavy (non-hydrogen) atoms. The molecule has 0 amide bonds. The van der Waals surface area contributed by atoms with Crippen molar-refractivity contribution in [3.05, 3.63) is 40.6 Å². The molecule has 0 atom stereocenters. The van der Waals surface area contributed by atoms with E-state index in [1.165, 1.54) is 22.3 Å². The number of aryl methyl sites for hydroxylation is 3. The predicted molar refractivity (Wildman–Crippen MR) is 131 cm³/mol. The summed E-state index contributed by atoms with van der Waals surface area (Å²) in [6.07, 6.45) is 0. The van der Waals surface area contributed by atoms with Crippen LogP contribution in [0.2, 0.25) is 0 Å². The first-order chi connectivity index (χ1) is 14.8. The molecule has 0 saturated carbocycles. The highest BCUT2D eigenvalue weighted by molar-refractivity contribution is 5.67. The van der Waals surface area contributed by atoms with Crippen LogP contribution in [0.3, 0.4) is 0 Å². The minimum absolute atomic E-state index is 0.631. The van der Waals surface area contributed by atoms with Gasteiger partial charge in [-0.15, -0.1) is 0 Å². The number of piperazine rings is 1. The van der Waals surface area contributed by atoms with Crippen LogP contribution in [0, 0.1) is 32.6 Å². The third kappa shape index (κ3) is 6.05. The van der Waals surface area contributed by atoms with Gasteiger partial charge in [-0.05, 0) is 43.7 Å². The molecule has 1 aromatic heterocycles. The minimum Gasteiger partial charge on any atom is -0.354 e. The van der Waals surface area contributed by atoms with E-state index in [0.717, 1.165) is 63.1 Å². The molecule has 1 aliphatic heterocycles. The number of hydrogen-bond acceptors (Lipinski definition) is 4. The molecule has 1 radical (unpaired) electrons. The third-order valence-corrected chi connectivity index (χ3v) is 5.88. The molecule has 5 heteroatoms. The minimum atomic E-state index is 0.631. The topological polar surface area (TPSA) is 46.4 Å². The Labute approximate surface area is 189 Å². The zero-order chi connectivity index (χ0) is 22.5. The number of nitrogens with zero attached hydrogens (tertiary/aromatic N) is 5. The lowest BCUT2D eigenvalue weighted by Crippen LogP contribution is -2.42. The largest absolute Gasteiger partial charge is 0.354 e. The summed E-state index contributed by atoms with van der Waals surface area (Å²) < 4.78 is 0. The Balaban J connectivity index is 2.07. The molecule has 1 saturated heterocycles. The van der Waals surface area contributed by atoms with Crippen molar-refractivity contribution >= 4 is 5.82 Å². The number of rotatable bonds is 8. The lowest BCUT2D eigenvalue weighted by atomic mass is 10.0. The van der Waals surface area contributed by atoms with Gasteiger partial charge in [0.25, 0.3) is 0 Å². The Kier molecular flexibility index (Phi) is 8.06. The van der Waals surface area contributed by atoms with Crippen LogP contribution in [0.25, 0.3) is 11.4 Å². The molecule has 2 heterocycles. The van der Waals surface area contributed by atoms with Crippen molar-refractivity contribution in [1.29, 1.82) is 0 Å². The fraction of sp³-hybridized carbons (Fsp3) is 0.615. The van der Waals surface area contributed by atoms with Crippen LogP contribution in [-0.2, 0) is 6.54 Å². The van der Waals surface area contributed by atoms with E-state index < -0.39 is 0 Å². The Morgan fingerprint density at radius 1 is 0.903 bits per heavy atom. The zero-order valence-corrected chi connectivity index (χ0v) is 20.6. The van der Waals surface area contributed by atoms with Crippen molar-refractivity contribution in [3.8, 4) is 11.4 Å². The molecule has 1 aromatic carbocycles. The maximum absolute atomic E-state index is 5.21. The van der Waals surface area contributed by atoms with Gasteiger partial charge >= 0.3 is 0 Å². The van der Waals surface area contributed by atoms with Crippen LogP contribution in [0.1, 0.15) is 50.1 Å². The Bertz CT molecular complexity index is 838. The van der Waals surface area contributed by atoms with Gasteiger partial charge in [0.2, 0.25) is 0 Å². The van der Waals surface area contributed by atoms with Gasteiger partial charge in [-0.2, -0.15) is 0 Å². The van der Waals surface area contributed by atoms with E-state index in [1.807, 2.05) is 0 Å². The van der Waals surface area contributed by atoms with E-state index in [0.29, 0.717) is 11.8 Å². The van der Waals surface area contributed by atoms with Gasteiger partial charge in [0.05, 0.1) is 0 Å². The van der Waals surface area contributed by atoms with E-state index in [4.69, 9.17) is 9.97 Å². The first-order valence-corrected chi connectivity index (χ1v) is 11.8. The molecule has 0 bridgehead atoms. The molecule has 0 N–H and O–H groups in total. The van der Waals surface area contributed by atoms with Crippen LogP contribution in [-0.4, -0.2) is 54.1 Å². The second kappa shape index (κ2) is 10.6. The van der Waals surface area contributed by atoms with E-state index in [9.17, 15) is 0 Å². The lowest BCUT2D eigenvalue weighted by molar-refractivity contribution is 0.211. The van der Waals surface area contributed by atoms with E-state index in [2.05, 4.69) is 81.8 Å². The van der Waals surface area contributed by atoms with Crippen LogP contribution in [0.15, 0.2) is 18.2 Å². The Morgan fingerprint density at radius 3 is 2.03 bits per heavy atom. The van der Waals surface area contributed by atoms with Crippen LogP contribution in [0.5, 0.6) is 0 Å². The smallest absolute Gasteiger partial charge is 0.162 e. The molecular weight excluding hydrogens is 382 g/mol. The summed E-state index contributed by atoms with van der Waals surface area (Å²) in [5, 5.41) is 4.56. The highest BCUT2D eigenvalue weighted by atomic mass is 15.2. The molecule has 169 valence electrons. The first kappa shape index (κ1) is 23.7. The molecular formula is C26H40N5. The van der Waals surface area contributed by atoms with Crippen molar-refractivity contribution < 1.29 is 0 Å². The van der Waals surface area contributed by atoms with Crippen LogP contribution in [0.4, 0.5) is 5.82 Å². The summed E-state index contributed by atoms with van der Waals surface area (Å²) in [6, 6.07) is 6.42. The van der Waals surface area contributed by atoms with Gasteiger partial charge in [0, 0.05) is 62.6 Å². The molecule has 0 aliphatic carbocycles. The number of aromatic nitrogens is 2. The molecule has 2 aromatic rings. The quantitative estimate of drug-likeness (QED) is 0.623. The monoisotopic (exact) mass is 422 g/mol. The summed E-state index contributed by atoms with van der Waals surface area (Å²) in [5.41, 5.74) is 6.00. The number of benzene rings is 1. The van der Waals surface area contributed by atoms with Crippen LogP contribution < -0.4 is 10.2 Å². The second-order valence-corrected chi connectivity index (χ2v) is 9.84. The Hall–Kier alpha value is -1.98. The van der Waals surface area contributed by atoms with E-state index in [1.54, 1.807) is 0 Å². The SMILES string of the molecule is Cc1cccc(C)c1-c1nc(C)c(CN(CC(C)C)CC(C)C)c(N2CC[N]CC2)n1. The van der Waals surface area contributed by atoms with Crippen molar-refractivity contribution in [2.75, 3.05) is 44.2 Å². The van der Waals surface area contributed by atoms with Crippen molar-refractivity contribution in [2.45, 2.75) is 55.0 Å². The molecule has 3 rings (SSSR count). The molecule has 0 unspecified atom stereocenters. The van der Waals surface area contributed by atoms with Crippen molar-refractivity contribution in [1.82, 2.24) is 20.2 Å². The molecule has 1 fully saturated rings. The van der Waals surface area contributed by atoms with Gasteiger partial charge in [-0.3, -0.25) is 4.90 Å². The van der Waals surface area contributed by atoms with Crippen molar-refractivity contribution in [2.24, 2.45) is 11.8 Å². The van der Waals surface area contributed by atoms with Gasteiger partial charge in [0.1, 0.15) is 5.82 Å². The third-order valence-electron chi connectivity index (χ3n) is 5.88. The first-order valence-electron chi connectivity index (χ1n) is 11.8. The summed E-state index contributed by atoms with van der Waals surface area (Å²) in [7, 11) is 0. The summed E-state index contributed by atoms with van der Waals surface area (Å²) in [6.45, 7) is 22.4. The average Bonchev–Trinajstić information content (AvgIpc) is 2.69. The number of hydrogen-bond donors (Lipinski definition) is 0. The van der Waals surface area contributed by atoms with E-state index >= 15 is 0 Å². The fourth-order valence-electron chi connectivity index (χ4n) is 4.58. The summed E-state index contributed by atoms with van der Waals surface area (Å²) in [5.74, 6) is 3.23. The molecule has 1 aliphatic rings. The standard InChI is InChI=1S/C26H40N5/c1-18(2)15-30(16-19(3)4)17-23-22(7)28-25(24-20(5)9-8-10-21(24)6)29-26(23)31-13-11-27-12-14-31/h8-10,18-19H,11-17H2,1-7H3. The summed E-state index contributed by atoms with van der Waals surface area (Å²) >= 11 is 0. The summed E-state index contributed by atoms with van der Waals surface area (Å²) in [4.78, 5) is 15.3. The number of anilines is 1. The second-order valence-electron chi connectivity index (χ2n) is 9.84.